The highest BCUT2D eigenvalue weighted by Gasteiger charge is 2.40. The summed E-state index contributed by atoms with van der Waals surface area (Å²) >= 11 is 7.36. The maximum atomic E-state index is 13.0. The van der Waals surface area contributed by atoms with Crippen LogP contribution >= 0.6 is 31.9 Å². The van der Waals surface area contributed by atoms with Gasteiger partial charge >= 0.3 is 0 Å². The molecule has 1 aromatic carbocycles. The molecule has 0 amide bonds. The Balaban J connectivity index is 1.69. The van der Waals surface area contributed by atoms with Crippen LogP contribution in [-0.2, 0) is 9.59 Å². The van der Waals surface area contributed by atoms with Crippen molar-refractivity contribution in [1.29, 1.82) is 0 Å². The number of rotatable bonds is 7. The highest BCUT2D eigenvalue weighted by molar-refractivity contribution is 9.11. The molecule has 166 valence electrons. The van der Waals surface area contributed by atoms with E-state index >= 15 is 0 Å². The molecule has 0 spiro atoms. The first-order valence-electron chi connectivity index (χ1n) is 11.4. The van der Waals surface area contributed by atoms with Crippen LogP contribution in [0.4, 0.5) is 0 Å². The zero-order valence-corrected chi connectivity index (χ0v) is 21.2. The van der Waals surface area contributed by atoms with Gasteiger partial charge in [-0.3, -0.25) is 9.59 Å². The SMILES string of the molecule is CCCCCCOc1c(Br)cc(C2C3=C(CCCC3=O)NC3=C2C(=O)CCC3)cc1Br. The summed E-state index contributed by atoms with van der Waals surface area (Å²) in [5.74, 6) is 0.805. The number of unbranched alkanes of at least 4 members (excludes halogenated alkanes) is 3. The zero-order valence-electron chi connectivity index (χ0n) is 18.0. The maximum Gasteiger partial charge on any atom is 0.161 e. The molecule has 31 heavy (non-hydrogen) atoms. The lowest BCUT2D eigenvalue weighted by Crippen LogP contribution is -2.36. The monoisotopic (exact) mass is 549 g/mol. The number of hydrogen-bond acceptors (Lipinski definition) is 4. The van der Waals surface area contributed by atoms with Crippen molar-refractivity contribution < 1.29 is 14.3 Å². The quantitative estimate of drug-likeness (QED) is 0.376. The molecular formula is C25H29Br2NO3. The van der Waals surface area contributed by atoms with Crippen molar-refractivity contribution in [3.8, 4) is 5.75 Å². The van der Waals surface area contributed by atoms with Gasteiger partial charge in [-0.15, -0.1) is 0 Å². The molecule has 4 rings (SSSR count). The minimum Gasteiger partial charge on any atom is -0.491 e. The molecule has 6 heteroatoms. The number of hydrogen-bond donors (Lipinski definition) is 1. The second-order valence-electron chi connectivity index (χ2n) is 8.62. The van der Waals surface area contributed by atoms with Crippen molar-refractivity contribution in [1.82, 2.24) is 5.32 Å². The van der Waals surface area contributed by atoms with Crippen LogP contribution in [0.15, 0.2) is 43.6 Å². The van der Waals surface area contributed by atoms with Crippen LogP contribution in [-0.4, -0.2) is 18.2 Å². The van der Waals surface area contributed by atoms with E-state index in [2.05, 4.69) is 44.1 Å². The lowest BCUT2D eigenvalue weighted by atomic mass is 9.71. The van der Waals surface area contributed by atoms with Crippen LogP contribution in [0.25, 0.3) is 0 Å². The number of nitrogens with one attached hydrogen (secondary N) is 1. The van der Waals surface area contributed by atoms with Gasteiger partial charge in [0.2, 0.25) is 0 Å². The van der Waals surface area contributed by atoms with Gasteiger partial charge in [-0.25, -0.2) is 0 Å². The smallest absolute Gasteiger partial charge is 0.161 e. The van der Waals surface area contributed by atoms with E-state index in [4.69, 9.17) is 4.74 Å². The molecule has 0 radical (unpaired) electrons. The molecule has 0 bridgehead atoms. The lowest BCUT2D eigenvalue weighted by molar-refractivity contribution is -0.116. The minimum absolute atomic E-state index is 0.159. The molecule has 0 saturated heterocycles. The molecular weight excluding hydrogens is 522 g/mol. The molecule has 0 aromatic heterocycles. The molecule has 0 fully saturated rings. The van der Waals surface area contributed by atoms with Crippen molar-refractivity contribution >= 4 is 43.4 Å². The second-order valence-corrected chi connectivity index (χ2v) is 10.3. The number of carbonyl (C=O) groups is 2. The van der Waals surface area contributed by atoms with Crippen LogP contribution in [0.2, 0.25) is 0 Å². The first kappa shape index (κ1) is 22.8. The van der Waals surface area contributed by atoms with Crippen LogP contribution < -0.4 is 10.1 Å². The summed E-state index contributed by atoms with van der Waals surface area (Å²) in [5, 5.41) is 3.47. The van der Waals surface area contributed by atoms with Crippen LogP contribution in [0.1, 0.15) is 82.6 Å². The first-order chi connectivity index (χ1) is 15.0. The maximum absolute atomic E-state index is 13.0. The Morgan fingerprint density at radius 3 is 2.03 bits per heavy atom. The summed E-state index contributed by atoms with van der Waals surface area (Å²) in [6.45, 7) is 2.87. The number of ketones is 2. The molecule has 1 heterocycles. The summed E-state index contributed by atoms with van der Waals surface area (Å²) in [5.41, 5.74) is 4.56. The Labute approximate surface area is 201 Å². The van der Waals surface area contributed by atoms with E-state index in [0.29, 0.717) is 19.4 Å². The number of allylic oxidation sites excluding steroid dienone is 4. The predicted octanol–water partition coefficient (Wildman–Crippen LogP) is 6.87. The van der Waals surface area contributed by atoms with Gasteiger partial charge < -0.3 is 10.1 Å². The molecule has 0 unspecified atom stereocenters. The van der Waals surface area contributed by atoms with E-state index in [1.54, 1.807) is 0 Å². The summed E-state index contributed by atoms with van der Waals surface area (Å²) < 4.78 is 7.75. The van der Waals surface area contributed by atoms with Crippen LogP contribution in [0, 0.1) is 0 Å². The van der Waals surface area contributed by atoms with E-state index in [-0.39, 0.29) is 17.5 Å². The number of carbonyl (C=O) groups excluding carboxylic acids is 2. The standard InChI is InChI=1S/C25H29Br2NO3/c1-2-3-4-5-12-31-25-16(26)13-15(14-17(25)27)22-23-18(8-6-10-20(23)29)28-19-9-7-11-21(30)24(19)22/h13-14,22,28H,2-12H2,1H3. The van der Waals surface area contributed by atoms with Crippen LogP contribution in [0.3, 0.4) is 0 Å². The summed E-state index contributed by atoms with van der Waals surface area (Å²) in [7, 11) is 0. The highest BCUT2D eigenvalue weighted by atomic mass is 79.9. The summed E-state index contributed by atoms with van der Waals surface area (Å²) in [6.07, 6.45) is 9.17. The fourth-order valence-corrected chi connectivity index (χ4v) is 6.35. The molecule has 3 aliphatic rings. The fraction of sp³-hybridized carbons (Fsp3) is 0.520. The lowest BCUT2D eigenvalue weighted by Gasteiger charge is -2.37. The number of Topliss-reactive ketones (excluding diaryl/α,β-unsaturated/α-hetero) is 2. The number of halogens is 2. The average molecular weight is 551 g/mol. The van der Waals surface area contributed by atoms with Crippen molar-refractivity contribution in [2.24, 2.45) is 0 Å². The van der Waals surface area contributed by atoms with Gasteiger partial charge in [0.05, 0.1) is 15.6 Å². The summed E-state index contributed by atoms with van der Waals surface area (Å²) in [6, 6.07) is 4.06. The number of benzene rings is 1. The third-order valence-corrected chi connectivity index (χ3v) is 7.57. The molecule has 1 aliphatic heterocycles. The van der Waals surface area contributed by atoms with Crippen LogP contribution in [0.5, 0.6) is 5.75 Å². The fourth-order valence-electron chi connectivity index (χ4n) is 4.90. The topological polar surface area (TPSA) is 55.4 Å². The second kappa shape index (κ2) is 10.0. The molecule has 0 atom stereocenters. The Hall–Kier alpha value is -1.40. The number of dihydropyridines is 1. The third kappa shape index (κ3) is 4.70. The molecule has 4 nitrogen and oxygen atoms in total. The predicted molar refractivity (Wildman–Crippen MR) is 129 cm³/mol. The van der Waals surface area contributed by atoms with E-state index < -0.39 is 0 Å². The normalized spacial score (nSPS) is 19.3. The zero-order chi connectivity index (χ0) is 22.0. The van der Waals surface area contributed by atoms with Gasteiger partial charge in [0.1, 0.15) is 5.75 Å². The largest absolute Gasteiger partial charge is 0.491 e. The van der Waals surface area contributed by atoms with E-state index in [1.807, 2.05) is 12.1 Å². The molecule has 1 aromatic rings. The van der Waals surface area contributed by atoms with Crippen molar-refractivity contribution in [3.05, 3.63) is 49.2 Å². The van der Waals surface area contributed by atoms with E-state index in [1.165, 1.54) is 12.8 Å². The third-order valence-electron chi connectivity index (χ3n) is 6.39. The highest BCUT2D eigenvalue weighted by Crippen LogP contribution is 2.47. The van der Waals surface area contributed by atoms with E-state index in [0.717, 1.165) is 81.3 Å². The van der Waals surface area contributed by atoms with Crippen molar-refractivity contribution in [2.45, 2.75) is 77.0 Å². The molecule has 2 aliphatic carbocycles. The molecule has 1 N–H and O–H groups in total. The van der Waals surface area contributed by atoms with Gasteiger partial charge in [-0.05, 0) is 81.7 Å². The number of ether oxygens (including phenoxy) is 1. The van der Waals surface area contributed by atoms with Gasteiger partial charge in [0.25, 0.3) is 0 Å². The Morgan fingerprint density at radius 1 is 0.903 bits per heavy atom. The van der Waals surface area contributed by atoms with Gasteiger partial charge in [0, 0.05) is 41.3 Å². The minimum atomic E-state index is -0.293. The van der Waals surface area contributed by atoms with Crippen molar-refractivity contribution in [2.75, 3.05) is 6.61 Å². The Bertz CT molecular complexity index is 899. The van der Waals surface area contributed by atoms with Gasteiger partial charge in [-0.1, -0.05) is 26.2 Å². The van der Waals surface area contributed by atoms with Crippen molar-refractivity contribution in [3.63, 3.8) is 0 Å². The first-order valence-corrected chi connectivity index (χ1v) is 13.0. The molecule has 0 saturated carbocycles. The average Bonchev–Trinajstić information content (AvgIpc) is 2.74. The van der Waals surface area contributed by atoms with Gasteiger partial charge in [-0.2, -0.15) is 0 Å². The van der Waals surface area contributed by atoms with E-state index in [9.17, 15) is 9.59 Å². The Kier molecular flexibility index (Phi) is 7.37. The van der Waals surface area contributed by atoms with Gasteiger partial charge in [0.15, 0.2) is 11.6 Å². The Morgan fingerprint density at radius 2 is 1.48 bits per heavy atom. The summed E-state index contributed by atoms with van der Waals surface area (Å²) in [4.78, 5) is 26.0.